The molecule has 0 fully saturated rings. The van der Waals surface area contributed by atoms with Gasteiger partial charge < -0.3 is 21.1 Å². The Balaban J connectivity index is 0. The number of unbranched alkanes of at least 4 members (excludes halogenated alkanes) is 1. The maximum Gasteiger partial charge on any atom is 0.407 e. The predicted octanol–water partition coefficient (Wildman–Crippen LogP) is 3.00. The van der Waals surface area contributed by atoms with Crippen LogP contribution in [0.4, 0.5) is 4.79 Å². The molecule has 0 aromatic rings. The van der Waals surface area contributed by atoms with E-state index < -0.39 is 11.7 Å². The van der Waals surface area contributed by atoms with Gasteiger partial charge in [0.05, 0.1) is 0 Å². The zero-order valence-corrected chi connectivity index (χ0v) is 16.9. The minimum absolute atomic E-state index is 0. The van der Waals surface area contributed by atoms with Gasteiger partial charge in [0.1, 0.15) is 5.60 Å². The Morgan fingerprint density at radius 2 is 1.91 bits per heavy atom. The van der Waals surface area contributed by atoms with Crippen LogP contribution in [0, 0.1) is 0 Å². The van der Waals surface area contributed by atoms with Crippen molar-refractivity contribution >= 4 is 36.0 Å². The lowest BCUT2D eigenvalue weighted by atomic mass is 10.1. The zero-order valence-electron chi connectivity index (χ0n) is 14.6. The van der Waals surface area contributed by atoms with Crippen molar-refractivity contribution in [1.82, 2.24) is 10.6 Å². The van der Waals surface area contributed by atoms with Crippen molar-refractivity contribution < 1.29 is 9.53 Å². The molecule has 132 valence electrons. The standard InChI is InChI=1S/C15H32N4O2.HI/c1-6-8-9-12(19-13(16)17-10-7-2)11-18-14(20)21-15(3,4)5;/h12H,6-11H2,1-5H3,(H,18,20)(H3,16,17,19);1H. The predicted molar refractivity (Wildman–Crippen MR) is 103 cm³/mol. The van der Waals surface area contributed by atoms with Crippen LogP contribution in [0.15, 0.2) is 4.99 Å². The maximum absolute atomic E-state index is 11.7. The first-order valence-electron chi connectivity index (χ1n) is 7.81. The van der Waals surface area contributed by atoms with Crippen LogP contribution in [0.25, 0.3) is 0 Å². The van der Waals surface area contributed by atoms with E-state index in [2.05, 4.69) is 29.5 Å². The van der Waals surface area contributed by atoms with Crippen molar-refractivity contribution in [3.05, 3.63) is 0 Å². The minimum Gasteiger partial charge on any atom is -0.444 e. The smallest absolute Gasteiger partial charge is 0.407 e. The highest BCUT2D eigenvalue weighted by atomic mass is 127. The van der Waals surface area contributed by atoms with Gasteiger partial charge in [-0.2, -0.15) is 0 Å². The third kappa shape index (κ3) is 14.2. The summed E-state index contributed by atoms with van der Waals surface area (Å²) in [6.07, 6.45) is 3.63. The average molecular weight is 428 g/mol. The van der Waals surface area contributed by atoms with Gasteiger partial charge in [0, 0.05) is 19.1 Å². The number of ether oxygens (including phenoxy) is 1. The number of alkyl carbamates (subject to hydrolysis) is 1. The molecule has 0 saturated heterocycles. The fourth-order valence-electron chi connectivity index (χ4n) is 1.68. The van der Waals surface area contributed by atoms with E-state index in [-0.39, 0.29) is 30.0 Å². The van der Waals surface area contributed by atoms with Gasteiger partial charge in [-0.1, -0.05) is 26.7 Å². The number of amides is 1. The summed E-state index contributed by atoms with van der Waals surface area (Å²) in [6.45, 7) is 10.9. The van der Waals surface area contributed by atoms with Gasteiger partial charge in [0.2, 0.25) is 0 Å². The van der Waals surface area contributed by atoms with Crippen molar-refractivity contribution in [1.29, 1.82) is 0 Å². The second-order valence-corrected chi connectivity index (χ2v) is 6.13. The summed E-state index contributed by atoms with van der Waals surface area (Å²) in [7, 11) is 0. The summed E-state index contributed by atoms with van der Waals surface area (Å²) >= 11 is 0. The molecule has 0 heterocycles. The molecular weight excluding hydrogens is 395 g/mol. The number of carbonyl (C=O) groups is 1. The number of nitrogens with zero attached hydrogens (tertiary/aromatic N) is 1. The van der Waals surface area contributed by atoms with E-state index in [4.69, 9.17) is 10.5 Å². The number of hydrogen-bond acceptors (Lipinski definition) is 3. The van der Waals surface area contributed by atoms with Crippen molar-refractivity contribution in [2.45, 2.75) is 71.9 Å². The van der Waals surface area contributed by atoms with Crippen molar-refractivity contribution in [3.63, 3.8) is 0 Å². The molecule has 7 heteroatoms. The molecule has 0 aromatic carbocycles. The van der Waals surface area contributed by atoms with Crippen LogP contribution >= 0.6 is 24.0 Å². The maximum atomic E-state index is 11.7. The van der Waals surface area contributed by atoms with Gasteiger partial charge in [-0.15, -0.1) is 24.0 Å². The van der Waals surface area contributed by atoms with Gasteiger partial charge >= 0.3 is 6.09 Å². The Hall–Kier alpha value is -0.730. The lowest BCUT2D eigenvalue weighted by molar-refractivity contribution is 0.0523. The molecule has 1 amide bonds. The Kier molecular flexibility index (Phi) is 13.7. The molecule has 0 bridgehead atoms. The summed E-state index contributed by atoms with van der Waals surface area (Å²) in [5.41, 5.74) is 5.35. The normalized spacial score (nSPS) is 13.0. The zero-order chi connectivity index (χ0) is 16.3. The van der Waals surface area contributed by atoms with Crippen molar-refractivity contribution in [2.75, 3.05) is 13.1 Å². The second-order valence-electron chi connectivity index (χ2n) is 6.13. The van der Waals surface area contributed by atoms with Gasteiger partial charge in [0.15, 0.2) is 5.96 Å². The number of aliphatic imine (C=N–C) groups is 1. The lowest BCUT2D eigenvalue weighted by Gasteiger charge is -2.23. The van der Waals surface area contributed by atoms with Crippen molar-refractivity contribution in [2.24, 2.45) is 10.7 Å². The molecule has 0 aromatic heterocycles. The van der Waals surface area contributed by atoms with Gasteiger partial charge in [-0.05, 0) is 33.6 Å². The highest BCUT2D eigenvalue weighted by Crippen LogP contribution is 2.06. The summed E-state index contributed by atoms with van der Waals surface area (Å²) in [5, 5.41) is 5.94. The molecule has 6 nitrogen and oxygen atoms in total. The molecule has 1 atom stereocenters. The topological polar surface area (TPSA) is 88.7 Å². The molecule has 0 spiro atoms. The molecule has 0 aliphatic heterocycles. The number of rotatable bonds is 8. The first-order valence-corrected chi connectivity index (χ1v) is 7.81. The van der Waals surface area contributed by atoms with Gasteiger partial charge in [0.25, 0.3) is 0 Å². The SMILES string of the molecule is CCCCC(CNC(=O)OC(C)(C)C)NC(N)=NCCC.I. The molecule has 1 unspecified atom stereocenters. The third-order valence-electron chi connectivity index (χ3n) is 2.66. The number of nitrogens with two attached hydrogens (primary N) is 1. The Bertz CT molecular complexity index is 330. The molecule has 0 radical (unpaired) electrons. The first-order chi connectivity index (χ1) is 9.78. The van der Waals surface area contributed by atoms with Crippen LogP contribution in [0.1, 0.15) is 60.3 Å². The highest BCUT2D eigenvalue weighted by Gasteiger charge is 2.17. The number of guanidine groups is 1. The summed E-state index contributed by atoms with van der Waals surface area (Å²) in [5.74, 6) is 0.434. The number of carbonyl (C=O) groups excluding carboxylic acids is 1. The van der Waals surface area contributed by atoms with E-state index in [1.165, 1.54) is 0 Å². The Labute approximate surface area is 152 Å². The lowest BCUT2D eigenvalue weighted by Crippen LogP contribution is -2.47. The molecule has 0 saturated carbocycles. The fraction of sp³-hybridized carbons (Fsp3) is 0.867. The second kappa shape index (κ2) is 12.8. The molecule has 4 N–H and O–H groups in total. The largest absolute Gasteiger partial charge is 0.444 e. The molecule has 0 aliphatic rings. The summed E-state index contributed by atoms with van der Waals surface area (Å²) < 4.78 is 5.22. The van der Waals surface area contributed by atoms with Crippen LogP contribution in [-0.4, -0.2) is 36.8 Å². The van der Waals surface area contributed by atoms with E-state index >= 15 is 0 Å². The van der Waals surface area contributed by atoms with E-state index in [0.29, 0.717) is 19.0 Å². The third-order valence-corrected chi connectivity index (χ3v) is 2.66. The van der Waals surface area contributed by atoms with Gasteiger partial charge in [-0.3, -0.25) is 4.99 Å². The summed E-state index contributed by atoms with van der Waals surface area (Å²) in [6, 6.07) is 0.0677. The monoisotopic (exact) mass is 428 g/mol. The van der Waals surface area contributed by atoms with Crippen molar-refractivity contribution in [3.8, 4) is 0 Å². The summed E-state index contributed by atoms with van der Waals surface area (Å²) in [4.78, 5) is 15.9. The molecule has 0 rings (SSSR count). The first kappa shape index (κ1) is 23.5. The molecule has 0 aliphatic carbocycles. The Morgan fingerprint density at radius 3 is 2.41 bits per heavy atom. The van der Waals surface area contributed by atoms with Crippen LogP contribution in [0.2, 0.25) is 0 Å². The van der Waals surface area contributed by atoms with Crippen LogP contribution in [-0.2, 0) is 4.74 Å². The van der Waals surface area contributed by atoms with E-state index in [1.807, 2.05) is 20.8 Å². The number of hydrogen-bond donors (Lipinski definition) is 3. The van der Waals surface area contributed by atoms with E-state index in [9.17, 15) is 4.79 Å². The molecular formula is C15H33IN4O2. The van der Waals surface area contributed by atoms with E-state index in [1.54, 1.807) is 0 Å². The van der Waals surface area contributed by atoms with Crippen LogP contribution in [0.5, 0.6) is 0 Å². The average Bonchev–Trinajstić information content (AvgIpc) is 2.37. The number of halogens is 1. The fourth-order valence-corrected chi connectivity index (χ4v) is 1.68. The highest BCUT2D eigenvalue weighted by molar-refractivity contribution is 14.0. The quantitative estimate of drug-likeness (QED) is 0.315. The number of nitrogens with one attached hydrogen (secondary N) is 2. The van der Waals surface area contributed by atoms with Gasteiger partial charge in [-0.25, -0.2) is 4.79 Å². The van der Waals surface area contributed by atoms with E-state index in [0.717, 1.165) is 25.7 Å². The minimum atomic E-state index is -0.488. The Morgan fingerprint density at radius 1 is 1.27 bits per heavy atom. The molecule has 22 heavy (non-hydrogen) atoms. The van der Waals surface area contributed by atoms with Crippen LogP contribution in [0.3, 0.4) is 0 Å². The van der Waals surface area contributed by atoms with Crippen LogP contribution < -0.4 is 16.4 Å².